The zero-order valence-corrected chi connectivity index (χ0v) is 10.0. The van der Waals surface area contributed by atoms with Crippen LogP contribution in [0.15, 0.2) is 36.8 Å². The van der Waals surface area contributed by atoms with E-state index in [0.717, 1.165) is 18.7 Å². The second kappa shape index (κ2) is 5.97. The van der Waals surface area contributed by atoms with Crippen molar-refractivity contribution >= 4 is 5.69 Å². The van der Waals surface area contributed by atoms with Crippen LogP contribution in [0.4, 0.5) is 5.69 Å². The van der Waals surface area contributed by atoms with Crippen LogP contribution >= 0.6 is 0 Å². The first-order valence-electron chi connectivity index (χ1n) is 5.85. The maximum atomic E-state index is 9.85. The molecule has 2 aromatic rings. The van der Waals surface area contributed by atoms with E-state index < -0.39 is 0 Å². The number of para-hydroxylation sites is 1. The molecular weight excluding hydrogens is 228 g/mol. The van der Waals surface area contributed by atoms with E-state index in [4.69, 9.17) is 5.73 Å². The molecule has 0 radical (unpaired) electrons. The summed E-state index contributed by atoms with van der Waals surface area (Å²) in [7, 11) is 0. The van der Waals surface area contributed by atoms with Gasteiger partial charge >= 0.3 is 0 Å². The van der Waals surface area contributed by atoms with E-state index in [1.165, 1.54) is 6.33 Å². The Hall–Kier alpha value is -2.14. The van der Waals surface area contributed by atoms with Crippen molar-refractivity contribution in [1.29, 1.82) is 0 Å². The second-order valence-electron chi connectivity index (χ2n) is 3.87. The van der Waals surface area contributed by atoms with Crippen LogP contribution in [-0.4, -0.2) is 28.2 Å². The normalized spacial score (nSPS) is 10.3. The molecule has 0 atom stereocenters. The third-order valence-electron chi connectivity index (χ3n) is 2.57. The van der Waals surface area contributed by atoms with Crippen molar-refractivity contribution in [2.75, 3.05) is 18.4 Å². The summed E-state index contributed by atoms with van der Waals surface area (Å²) < 4.78 is 0. The third kappa shape index (κ3) is 2.75. The van der Waals surface area contributed by atoms with Crippen LogP contribution in [0.1, 0.15) is 6.42 Å². The van der Waals surface area contributed by atoms with Crippen molar-refractivity contribution < 1.29 is 5.11 Å². The highest BCUT2D eigenvalue weighted by atomic mass is 16.3. The molecule has 5 heteroatoms. The lowest BCUT2D eigenvalue weighted by molar-refractivity contribution is 0.477. The van der Waals surface area contributed by atoms with Crippen molar-refractivity contribution in [2.24, 2.45) is 5.73 Å². The van der Waals surface area contributed by atoms with Crippen LogP contribution in [0.3, 0.4) is 0 Å². The number of phenols is 1. The van der Waals surface area contributed by atoms with Gasteiger partial charge in [0, 0.05) is 12.1 Å². The van der Waals surface area contributed by atoms with Gasteiger partial charge in [0.25, 0.3) is 0 Å². The van der Waals surface area contributed by atoms with E-state index in [-0.39, 0.29) is 5.75 Å². The quantitative estimate of drug-likeness (QED) is 0.696. The fraction of sp³-hybridized carbons (Fsp3) is 0.231. The molecule has 0 saturated heterocycles. The molecule has 0 amide bonds. The molecule has 18 heavy (non-hydrogen) atoms. The molecule has 1 heterocycles. The lowest BCUT2D eigenvalue weighted by atomic mass is 10.1. The van der Waals surface area contributed by atoms with E-state index >= 15 is 0 Å². The number of benzene rings is 1. The first-order chi connectivity index (χ1) is 8.83. The van der Waals surface area contributed by atoms with Crippen LogP contribution in [-0.2, 0) is 0 Å². The van der Waals surface area contributed by atoms with E-state index in [0.29, 0.717) is 17.8 Å². The summed E-state index contributed by atoms with van der Waals surface area (Å²) in [5.74, 6) is 0.207. The summed E-state index contributed by atoms with van der Waals surface area (Å²) in [5, 5.41) is 13.1. The van der Waals surface area contributed by atoms with Gasteiger partial charge in [-0.05, 0) is 25.1 Å². The van der Waals surface area contributed by atoms with Gasteiger partial charge in [-0.1, -0.05) is 12.1 Å². The molecule has 2 rings (SSSR count). The Morgan fingerprint density at radius 1 is 1.28 bits per heavy atom. The van der Waals surface area contributed by atoms with Crippen molar-refractivity contribution in [3.63, 3.8) is 0 Å². The number of phenolic OH excluding ortho intramolecular Hbond substituents is 1. The third-order valence-corrected chi connectivity index (χ3v) is 2.57. The lowest BCUT2D eigenvalue weighted by Crippen LogP contribution is -2.09. The summed E-state index contributed by atoms with van der Waals surface area (Å²) >= 11 is 0. The summed E-state index contributed by atoms with van der Waals surface area (Å²) in [6.45, 7) is 1.39. The van der Waals surface area contributed by atoms with Crippen LogP contribution in [0, 0.1) is 0 Å². The highest BCUT2D eigenvalue weighted by Gasteiger charge is 2.09. The van der Waals surface area contributed by atoms with Crippen LogP contribution < -0.4 is 11.1 Å². The minimum atomic E-state index is 0.207. The monoisotopic (exact) mass is 244 g/mol. The molecule has 4 N–H and O–H groups in total. The predicted octanol–water partition coefficient (Wildman–Crippen LogP) is 1.61. The molecule has 94 valence electrons. The highest BCUT2D eigenvalue weighted by molar-refractivity contribution is 5.77. The first-order valence-corrected chi connectivity index (χ1v) is 5.85. The SMILES string of the molecule is NCCCNc1cncnc1-c1ccccc1O. The maximum absolute atomic E-state index is 9.85. The van der Waals surface area contributed by atoms with Gasteiger partial charge in [0.15, 0.2) is 0 Å². The molecule has 0 aliphatic heterocycles. The Balaban J connectivity index is 2.30. The lowest BCUT2D eigenvalue weighted by Gasteiger charge is -2.11. The second-order valence-corrected chi connectivity index (χ2v) is 3.87. The number of rotatable bonds is 5. The van der Waals surface area contributed by atoms with Gasteiger partial charge < -0.3 is 16.2 Å². The number of aromatic hydroxyl groups is 1. The van der Waals surface area contributed by atoms with E-state index in [2.05, 4.69) is 15.3 Å². The van der Waals surface area contributed by atoms with E-state index in [1.807, 2.05) is 12.1 Å². The number of aromatic nitrogens is 2. The van der Waals surface area contributed by atoms with Crippen molar-refractivity contribution in [3.8, 4) is 17.0 Å². The average Bonchev–Trinajstić information content (AvgIpc) is 2.40. The number of nitrogens with one attached hydrogen (secondary N) is 1. The molecule has 0 aliphatic carbocycles. The van der Waals surface area contributed by atoms with E-state index in [9.17, 15) is 5.11 Å². The molecule has 0 unspecified atom stereocenters. The topological polar surface area (TPSA) is 84.1 Å². The molecule has 0 aliphatic rings. The molecule has 0 fully saturated rings. The Labute approximate surface area is 106 Å². The minimum absolute atomic E-state index is 0.207. The fourth-order valence-electron chi connectivity index (χ4n) is 1.67. The Morgan fingerprint density at radius 2 is 2.11 bits per heavy atom. The van der Waals surface area contributed by atoms with Crippen molar-refractivity contribution in [3.05, 3.63) is 36.8 Å². The summed E-state index contributed by atoms with van der Waals surface area (Å²) in [5.41, 5.74) is 7.64. The first kappa shape index (κ1) is 12.3. The Bertz CT molecular complexity index is 516. The van der Waals surface area contributed by atoms with E-state index in [1.54, 1.807) is 18.3 Å². The van der Waals surface area contributed by atoms with Crippen LogP contribution in [0.5, 0.6) is 5.75 Å². The van der Waals surface area contributed by atoms with Gasteiger partial charge in [-0.25, -0.2) is 9.97 Å². The predicted molar refractivity (Wildman–Crippen MR) is 71.3 cm³/mol. The summed E-state index contributed by atoms with van der Waals surface area (Å²) in [6.07, 6.45) is 4.04. The molecule has 0 bridgehead atoms. The van der Waals surface area contributed by atoms with Gasteiger partial charge in [0.05, 0.1) is 11.9 Å². The number of hydrogen-bond acceptors (Lipinski definition) is 5. The maximum Gasteiger partial charge on any atom is 0.125 e. The summed E-state index contributed by atoms with van der Waals surface area (Å²) in [6, 6.07) is 7.11. The number of hydrogen-bond donors (Lipinski definition) is 3. The zero-order chi connectivity index (χ0) is 12.8. The van der Waals surface area contributed by atoms with Gasteiger partial charge in [-0.15, -0.1) is 0 Å². The van der Waals surface area contributed by atoms with Gasteiger partial charge in [-0.3, -0.25) is 0 Å². The van der Waals surface area contributed by atoms with Crippen molar-refractivity contribution in [1.82, 2.24) is 9.97 Å². The molecule has 0 spiro atoms. The average molecular weight is 244 g/mol. The van der Waals surface area contributed by atoms with Crippen molar-refractivity contribution in [2.45, 2.75) is 6.42 Å². The zero-order valence-electron chi connectivity index (χ0n) is 10.0. The fourth-order valence-corrected chi connectivity index (χ4v) is 1.67. The smallest absolute Gasteiger partial charge is 0.125 e. The number of anilines is 1. The van der Waals surface area contributed by atoms with Gasteiger partial charge in [0.2, 0.25) is 0 Å². The largest absolute Gasteiger partial charge is 0.507 e. The highest BCUT2D eigenvalue weighted by Crippen LogP contribution is 2.31. The van der Waals surface area contributed by atoms with Crippen LogP contribution in [0.25, 0.3) is 11.3 Å². The number of nitrogens with zero attached hydrogens (tertiary/aromatic N) is 2. The van der Waals surface area contributed by atoms with Crippen LogP contribution in [0.2, 0.25) is 0 Å². The molecule has 0 saturated carbocycles. The molecule has 5 nitrogen and oxygen atoms in total. The van der Waals surface area contributed by atoms with Gasteiger partial charge in [-0.2, -0.15) is 0 Å². The number of nitrogens with two attached hydrogens (primary N) is 1. The van der Waals surface area contributed by atoms with Gasteiger partial charge in [0.1, 0.15) is 17.8 Å². The molecule has 1 aromatic carbocycles. The minimum Gasteiger partial charge on any atom is -0.507 e. The Morgan fingerprint density at radius 3 is 2.89 bits per heavy atom. The summed E-state index contributed by atoms with van der Waals surface area (Å²) in [4.78, 5) is 8.22. The Kier molecular flexibility index (Phi) is 4.09. The molecular formula is C13H16N4O. The molecule has 1 aromatic heterocycles. The standard InChI is InChI=1S/C13H16N4O/c14-6-3-7-16-11-8-15-9-17-13(11)10-4-1-2-5-12(10)18/h1-2,4-5,8-9,16,18H,3,6-7,14H2.